The number of Topliss-reactive ketones (excluding diaryl/α,β-unsaturated/α-hetero) is 1. The Hall–Kier alpha value is -3.86. The predicted molar refractivity (Wildman–Crippen MR) is 116 cm³/mol. The van der Waals surface area contributed by atoms with Crippen molar-refractivity contribution in [2.45, 2.75) is 13.3 Å². The maximum absolute atomic E-state index is 12.8. The van der Waals surface area contributed by atoms with E-state index in [1.54, 1.807) is 30.6 Å². The second-order valence-electron chi connectivity index (χ2n) is 7.59. The van der Waals surface area contributed by atoms with Crippen molar-refractivity contribution in [3.8, 4) is 5.13 Å². The van der Waals surface area contributed by atoms with E-state index in [2.05, 4.69) is 15.1 Å². The average molecular weight is 451 g/mol. The molecule has 0 radical (unpaired) electrons. The number of aromatic nitrogens is 4. The van der Waals surface area contributed by atoms with E-state index in [-0.39, 0.29) is 29.1 Å². The number of ketones is 1. The van der Waals surface area contributed by atoms with Gasteiger partial charge < -0.3 is 14.5 Å². The predicted octanol–water partition coefficient (Wildman–Crippen LogP) is 2.08. The zero-order valence-corrected chi connectivity index (χ0v) is 17.7. The number of fused-ring (bicyclic) bond motifs is 1. The number of hydrogen-bond acceptors (Lipinski definition) is 9. The van der Waals surface area contributed by atoms with E-state index in [0.29, 0.717) is 40.9 Å². The van der Waals surface area contributed by atoms with Crippen LogP contribution in [0.2, 0.25) is 0 Å². The molecule has 1 saturated heterocycles. The molecule has 0 bridgehead atoms. The van der Waals surface area contributed by atoms with Gasteiger partial charge in [0.05, 0.1) is 23.4 Å². The van der Waals surface area contributed by atoms with E-state index in [4.69, 9.17) is 4.52 Å². The summed E-state index contributed by atoms with van der Waals surface area (Å²) >= 11 is 1.31. The van der Waals surface area contributed by atoms with Gasteiger partial charge >= 0.3 is 5.97 Å². The highest BCUT2D eigenvalue weighted by atomic mass is 32.1. The molecule has 0 spiro atoms. The van der Waals surface area contributed by atoms with Crippen LogP contribution in [0.25, 0.3) is 16.2 Å². The highest BCUT2D eigenvalue weighted by molar-refractivity contribution is 7.12. The first-order valence-corrected chi connectivity index (χ1v) is 10.7. The topological polar surface area (TPSA) is 131 Å². The third kappa shape index (κ3) is 3.36. The molecule has 5 rings (SSSR count). The van der Waals surface area contributed by atoms with Gasteiger partial charge in [0.15, 0.2) is 10.8 Å². The Kier molecular flexibility index (Phi) is 4.82. The van der Waals surface area contributed by atoms with Crippen molar-refractivity contribution in [3.63, 3.8) is 0 Å². The fraction of sp³-hybridized carbons (Fsp3) is 0.238. The minimum atomic E-state index is -1.30. The number of aryl methyl sites for hydroxylation is 1. The number of nitrogens with zero attached hydrogens (tertiary/aromatic N) is 5. The van der Waals surface area contributed by atoms with Gasteiger partial charge in [-0.2, -0.15) is 0 Å². The lowest BCUT2D eigenvalue weighted by Gasteiger charge is -2.39. The zero-order valence-electron chi connectivity index (χ0n) is 16.9. The van der Waals surface area contributed by atoms with Crippen LogP contribution in [0.5, 0.6) is 0 Å². The van der Waals surface area contributed by atoms with Crippen LogP contribution in [0.3, 0.4) is 0 Å². The van der Waals surface area contributed by atoms with E-state index < -0.39 is 11.4 Å². The second kappa shape index (κ2) is 7.68. The maximum atomic E-state index is 12.8. The molecule has 32 heavy (non-hydrogen) atoms. The molecule has 1 aliphatic rings. The third-order valence-electron chi connectivity index (χ3n) is 5.51. The van der Waals surface area contributed by atoms with Gasteiger partial charge in [-0.25, -0.2) is 14.8 Å². The van der Waals surface area contributed by atoms with Crippen LogP contribution < -0.4 is 10.3 Å². The summed E-state index contributed by atoms with van der Waals surface area (Å²) in [4.78, 5) is 47.8. The number of carboxylic acid groups (broad SMARTS) is 1. The average Bonchev–Trinajstić information content (AvgIpc) is 3.40. The number of anilines is 1. The van der Waals surface area contributed by atoms with Crippen LogP contribution in [0.4, 0.5) is 5.82 Å². The smallest absolute Gasteiger partial charge is 0.341 e. The Morgan fingerprint density at radius 1 is 1.34 bits per heavy atom. The van der Waals surface area contributed by atoms with E-state index in [1.165, 1.54) is 28.4 Å². The Balaban J connectivity index is 1.50. The monoisotopic (exact) mass is 451 g/mol. The molecule has 11 heteroatoms. The van der Waals surface area contributed by atoms with Crippen LogP contribution in [0.1, 0.15) is 21.6 Å². The lowest BCUT2D eigenvalue weighted by atomic mass is 9.92. The van der Waals surface area contributed by atoms with Gasteiger partial charge in [-0.1, -0.05) is 5.16 Å². The van der Waals surface area contributed by atoms with Gasteiger partial charge in [-0.05, 0) is 18.6 Å². The molecule has 0 aliphatic carbocycles. The van der Waals surface area contributed by atoms with Crippen LogP contribution >= 0.6 is 11.3 Å². The molecule has 0 atom stereocenters. The fourth-order valence-electron chi connectivity index (χ4n) is 3.79. The zero-order chi connectivity index (χ0) is 22.4. The summed E-state index contributed by atoms with van der Waals surface area (Å²) in [5.41, 5.74) is 0.631. The number of hydrogen-bond donors (Lipinski definition) is 1. The molecule has 1 N–H and O–H groups in total. The molecule has 1 aliphatic heterocycles. The van der Waals surface area contributed by atoms with Gasteiger partial charge in [0.2, 0.25) is 5.43 Å². The number of carbonyl (C=O) groups excluding carboxylic acids is 1. The first kappa shape index (κ1) is 20.1. The number of aromatic carboxylic acids is 1. The van der Waals surface area contributed by atoms with Crippen molar-refractivity contribution in [1.82, 2.24) is 19.7 Å². The van der Waals surface area contributed by atoms with Crippen LogP contribution in [-0.2, 0) is 11.2 Å². The number of pyridine rings is 2. The summed E-state index contributed by atoms with van der Waals surface area (Å²) in [5, 5.41) is 15.8. The summed E-state index contributed by atoms with van der Waals surface area (Å²) in [6, 6.07) is 3.42. The van der Waals surface area contributed by atoms with E-state index in [1.807, 2.05) is 4.90 Å². The molecule has 0 aromatic carbocycles. The molecule has 5 heterocycles. The van der Waals surface area contributed by atoms with E-state index in [0.717, 1.165) is 0 Å². The van der Waals surface area contributed by atoms with Gasteiger partial charge in [0.25, 0.3) is 0 Å². The molecular formula is C21H17N5O5S. The van der Waals surface area contributed by atoms with Crippen molar-refractivity contribution < 1.29 is 19.2 Å². The first-order chi connectivity index (χ1) is 15.4. The SMILES string of the molecule is Cc1cc(N2CC(C(=O)Cc3ccon3)C2)nc2c1c(=O)c(C(=O)O)cn2-c1nccs1. The highest BCUT2D eigenvalue weighted by Crippen LogP contribution is 2.29. The lowest BCUT2D eigenvalue weighted by molar-refractivity contribution is -0.123. The third-order valence-corrected chi connectivity index (χ3v) is 6.28. The number of thiazole rings is 1. The largest absolute Gasteiger partial charge is 0.477 e. The summed E-state index contributed by atoms with van der Waals surface area (Å²) in [7, 11) is 0. The summed E-state index contributed by atoms with van der Waals surface area (Å²) < 4.78 is 6.31. The molecular weight excluding hydrogens is 434 g/mol. The maximum Gasteiger partial charge on any atom is 0.341 e. The molecule has 4 aromatic heterocycles. The molecule has 162 valence electrons. The number of rotatable bonds is 6. The molecule has 0 unspecified atom stereocenters. The minimum Gasteiger partial charge on any atom is -0.477 e. The Morgan fingerprint density at radius 2 is 2.16 bits per heavy atom. The second-order valence-corrected chi connectivity index (χ2v) is 8.47. The van der Waals surface area contributed by atoms with Gasteiger partial charge in [-0.3, -0.25) is 14.2 Å². The van der Waals surface area contributed by atoms with Crippen molar-refractivity contribution >= 4 is 39.9 Å². The van der Waals surface area contributed by atoms with Crippen molar-refractivity contribution in [3.05, 3.63) is 63.2 Å². The number of carbonyl (C=O) groups is 2. The summed E-state index contributed by atoms with van der Waals surface area (Å²) in [5.74, 6) is -0.742. The molecule has 10 nitrogen and oxygen atoms in total. The van der Waals surface area contributed by atoms with E-state index >= 15 is 0 Å². The van der Waals surface area contributed by atoms with Crippen LogP contribution in [-0.4, -0.2) is 49.6 Å². The highest BCUT2D eigenvalue weighted by Gasteiger charge is 2.34. The molecule has 4 aromatic rings. The van der Waals surface area contributed by atoms with Gasteiger partial charge in [-0.15, -0.1) is 11.3 Å². The van der Waals surface area contributed by atoms with Crippen molar-refractivity contribution in [1.29, 1.82) is 0 Å². The quantitative estimate of drug-likeness (QED) is 0.468. The standard InChI is InChI=1S/C21H17N5O5S/c1-11-6-16(25-8-12(9-25)15(27)7-13-2-4-31-24-13)23-19-17(11)18(28)14(20(29)30)10-26(19)21-22-3-5-32-21/h2-6,10,12H,7-9H2,1H3,(H,29,30). The van der Waals surface area contributed by atoms with E-state index in [9.17, 15) is 19.5 Å². The molecule has 0 saturated carbocycles. The van der Waals surface area contributed by atoms with Crippen molar-refractivity contribution in [2.24, 2.45) is 5.92 Å². The Morgan fingerprint density at radius 3 is 2.81 bits per heavy atom. The normalized spacial score (nSPS) is 14.0. The minimum absolute atomic E-state index is 0.0819. The molecule has 0 amide bonds. The Bertz CT molecular complexity index is 1390. The molecule has 1 fully saturated rings. The summed E-state index contributed by atoms with van der Waals surface area (Å²) in [6.07, 6.45) is 4.53. The fourth-order valence-corrected chi connectivity index (χ4v) is 4.41. The van der Waals surface area contributed by atoms with Crippen molar-refractivity contribution in [2.75, 3.05) is 18.0 Å². The first-order valence-electron chi connectivity index (χ1n) is 9.79. The summed E-state index contributed by atoms with van der Waals surface area (Å²) in [6.45, 7) is 2.76. The van der Waals surface area contributed by atoms with Crippen LogP contribution in [0.15, 0.2) is 45.5 Å². The lowest BCUT2D eigenvalue weighted by Crippen LogP contribution is -2.51. The van der Waals surface area contributed by atoms with Crippen LogP contribution in [0, 0.1) is 12.8 Å². The Labute approximate surface area is 184 Å². The number of carboxylic acids is 1. The van der Waals surface area contributed by atoms with Gasteiger partial charge in [0, 0.05) is 36.9 Å². The van der Waals surface area contributed by atoms with Gasteiger partial charge in [0.1, 0.15) is 23.4 Å².